The second-order valence-corrected chi connectivity index (χ2v) is 4.21. The van der Waals surface area contributed by atoms with E-state index in [1.54, 1.807) is 0 Å². The van der Waals surface area contributed by atoms with Crippen LogP contribution in [0.2, 0.25) is 5.02 Å². The first kappa shape index (κ1) is 14.1. The average Bonchev–Trinajstić information content (AvgIpc) is 2.70. The highest BCUT2D eigenvalue weighted by molar-refractivity contribution is 6.32. The summed E-state index contributed by atoms with van der Waals surface area (Å²) in [6.45, 7) is -0.448. The first-order valence-electron chi connectivity index (χ1n) is 5.24. The van der Waals surface area contributed by atoms with Gasteiger partial charge in [-0.25, -0.2) is 8.78 Å². The summed E-state index contributed by atoms with van der Waals surface area (Å²) in [5.41, 5.74) is -0.333. The van der Waals surface area contributed by atoms with Crippen molar-refractivity contribution < 1.29 is 18.5 Å². The maximum absolute atomic E-state index is 13.4. The maximum atomic E-state index is 13.4. The Morgan fingerprint density at radius 2 is 2.15 bits per heavy atom. The van der Waals surface area contributed by atoms with E-state index in [1.807, 2.05) is 0 Å². The fourth-order valence-corrected chi connectivity index (χ4v) is 1.76. The summed E-state index contributed by atoms with van der Waals surface area (Å²) in [5.74, 6) is -3.13. The number of halogens is 3. The van der Waals surface area contributed by atoms with Crippen molar-refractivity contribution in [2.75, 3.05) is 0 Å². The highest BCUT2D eigenvalue weighted by Gasteiger charge is 2.21. The third-order valence-electron chi connectivity index (χ3n) is 2.41. The van der Waals surface area contributed by atoms with Gasteiger partial charge in [0, 0.05) is 6.07 Å². The third-order valence-corrected chi connectivity index (χ3v) is 2.68. The van der Waals surface area contributed by atoms with E-state index in [1.165, 1.54) is 0 Å². The minimum absolute atomic E-state index is 0.234. The summed E-state index contributed by atoms with van der Waals surface area (Å²) in [4.78, 5) is 21.5. The Kier molecular flexibility index (Phi) is 3.75. The van der Waals surface area contributed by atoms with E-state index in [4.69, 9.17) is 11.6 Å². The van der Waals surface area contributed by atoms with Gasteiger partial charge in [-0.05, 0) is 17.1 Å². The van der Waals surface area contributed by atoms with E-state index >= 15 is 0 Å². The smallest absolute Gasteiger partial charge is 0.358 e. The molecule has 20 heavy (non-hydrogen) atoms. The van der Waals surface area contributed by atoms with Gasteiger partial charge in [0.2, 0.25) is 0 Å². The molecule has 104 valence electrons. The number of ketones is 1. The predicted octanol–water partition coefficient (Wildman–Crippen LogP) is 2.61. The second-order valence-electron chi connectivity index (χ2n) is 3.80. The number of Topliss-reactive ketones (excluding diaryl/α,β-unsaturated/α-hetero) is 1. The maximum Gasteiger partial charge on any atom is 0.408 e. The van der Waals surface area contributed by atoms with Crippen molar-refractivity contribution in [2.45, 2.75) is 6.54 Å². The summed E-state index contributed by atoms with van der Waals surface area (Å²) in [6, 6.07) is 2.51. The van der Waals surface area contributed by atoms with Crippen LogP contribution in [0.4, 0.5) is 14.6 Å². The van der Waals surface area contributed by atoms with Crippen LogP contribution in [0.3, 0.4) is 0 Å². The number of rotatable bonds is 4. The monoisotopic (exact) mass is 301 g/mol. The van der Waals surface area contributed by atoms with Crippen molar-refractivity contribution in [1.29, 1.82) is 0 Å². The van der Waals surface area contributed by atoms with Crippen LogP contribution in [0.15, 0.2) is 24.4 Å². The van der Waals surface area contributed by atoms with Gasteiger partial charge in [0.15, 0.2) is 10.8 Å². The lowest BCUT2D eigenvalue weighted by Crippen LogP contribution is -2.12. The molecule has 0 unspecified atom stereocenters. The number of nitrogens with zero attached hydrogens (tertiary/aromatic N) is 3. The van der Waals surface area contributed by atoms with Crippen LogP contribution in [0.5, 0.6) is 0 Å². The molecule has 6 nitrogen and oxygen atoms in total. The summed E-state index contributed by atoms with van der Waals surface area (Å²) in [6.07, 6.45) is 1.08. The molecule has 0 saturated carbocycles. The average molecular weight is 302 g/mol. The fraction of sp³-hybridized carbons (Fsp3) is 0.0909. The van der Waals surface area contributed by atoms with Crippen LogP contribution in [-0.2, 0) is 6.54 Å². The molecule has 0 fully saturated rings. The summed E-state index contributed by atoms with van der Waals surface area (Å²) >= 11 is 5.56. The standard InChI is InChI=1S/C11H6ClF2N3O3/c12-8-4-16(15-11(8)17(19)20)5-10(18)7-2-1-6(13)3-9(7)14/h1-4H,5H2. The topological polar surface area (TPSA) is 78.0 Å². The normalized spacial score (nSPS) is 10.6. The third kappa shape index (κ3) is 2.80. The molecule has 2 rings (SSSR count). The lowest BCUT2D eigenvalue weighted by atomic mass is 10.1. The van der Waals surface area contributed by atoms with Crippen LogP contribution in [0, 0.1) is 21.7 Å². The summed E-state index contributed by atoms with van der Waals surface area (Å²) in [5, 5.41) is 13.8. The van der Waals surface area contributed by atoms with Crippen molar-refractivity contribution in [3.63, 3.8) is 0 Å². The van der Waals surface area contributed by atoms with Crippen LogP contribution in [0.25, 0.3) is 0 Å². The van der Waals surface area contributed by atoms with Crippen molar-refractivity contribution >= 4 is 23.2 Å². The zero-order valence-electron chi connectivity index (χ0n) is 9.72. The van der Waals surface area contributed by atoms with Gasteiger partial charge in [-0.3, -0.25) is 4.79 Å². The molecule has 9 heteroatoms. The molecule has 0 radical (unpaired) electrons. The highest BCUT2D eigenvalue weighted by atomic mass is 35.5. The van der Waals surface area contributed by atoms with E-state index in [0.29, 0.717) is 6.07 Å². The van der Waals surface area contributed by atoms with E-state index in [9.17, 15) is 23.7 Å². The van der Waals surface area contributed by atoms with E-state index in [0.717, 1.165) is 23.0 Å². The largest absolute Gasteiger partial charge is 0.408 e. The highest BCUT2D eigenvalue weighted by Crippen LogP contribution is 2.21. The zero-order valence-corrected chi connectivity index (χ0v) is 10.5. The van der Waals surface area contributed by atoms with Gasteiger partial charge < -0.3 is 10.1 Å². The molecular weight excluding hydrogens is 296 g/mol. The Hall–Kier alpha value is -2.35. The lowest BCUT2D eigenvalue weighted by molar-refractivity contribution is -0.389. The van der Waals surface area contributed by atoms with Gasteiger partial charge in [0.25, 0.3) is 0 Å². The van der Waals surface area contributed by atoms with E-state index < -0.39 is 34.7 Å². The van der Waals surface area contributed by atoms with E-state index in [2.05, 4.69) is 5.10 Å². The van der Waals surface area contributed by atoms with Gasteiger partial charge in [-0.15, -0.1) is 0 Å². The first-order chi connectivity index (χ1) is 9.38. The molecule has 1 aromatic carbocycles. The van der Waals surface area contributed by atoms with Crippen molar-refractivity contribution in [3.8, 4) is 0 Å². The first-order valence-corrected chi connectivity index (χ1v) is 5.62. The van der Waals surface area contributed by atoms with Gasteiger partial charge in [-0.2, -0.15) is 4.68 Å². The Balaban J connectivity index is 2.23. The second kappa shape index (κ2) is 5.33. The molecule has 1 heterocycles. The van der Waals surface area contributed by atoms with Crippen molar-refractivity contribution in [3.05, 3.63) is 56.7 Å². The summed E-state index contributed by atoms with van der Waals surface area (Å²) in [7, 11) is 0. The predicted molar refractivity (Wildman–Crippen MR) is 64.6 cm³/mol. The Morgan fingerprint density at radius 3 is 2.70 bits per heavy atom. The number of aromatic nitrogens is 2. The molecule has 0 bridgehead atoms. The zero-order chi connectivity index (χ0) is 14.9. The molecule has 0 aliphatic carbocycles. The minimum Gasteiger partial charge on any atom is -0.358 e. The van der Waals surface area contributed by atoms with Gasteiger partial charge in [-0.1, -0.05) is 11.6 Å². The molecule has 0 spiro atoms. The Labute approximate surface area is 115 Å². The molecule has 1 aromatic heterocycles. The number of carbonyl (C=O) groups is 1. The minimum atomic E-state index is -1.01. The number of nitro groups is 1. The Morgan fingerprint density at radius 1 is 1.45 bits per heavy atom. The lowest BCUT2D eigenvalue weighted by Gasteiger charge is -2.00. The van der Waals surface area contributed by atoms with Crippen LogP contribution in [0.1, 0.15) is 10.4 Å². The van der Waals surface area contributed by atoms with Crippen LogP contribution in [-0.4, -0.2) is 20.5 Å². The number of benzene rings is 1. The van der Waals surface area contributed by atoms with E-state index in [-0.39, 0.29) is 10.6 Å². The molecule has 0 atom stereocenters. The van der Waals surface area contributed by atoms with Gasteiger partial charge in [0.1, 0.15) is 18.2 Å². The van der Waals surface area contributed by atoms with Gasteiger partial charge >= 0.3 is 5.82 Å². The molecule has 0 aliphatic rings. The SMILES string of the molecule is O=C(Cn1cc(Cl)c([N+](=O)[O-])n1)c1ccc(F)cc1F. The fourth-order valence-electron chi connectivity index (χ4n) is 1.54. The molecule has 0 N–H and O–H groups in total. The van der Waals surface area contributed by atoms with Crippen LogP contribution < -0.4 is 0 Å². The Bertz CT molecular complexity index is 702. The molecular formula is C11H6ClF2N3O3. The van der Waals surface area contributed by atoms with Crippen molar-refractivity contribution in [2.24, 2.45) is 0 Å². The summed E-state index contributed by atoms with van der Waals surface area (Å²) < 4.78 is 27.0. The number of hydrogen-bond acceptors (Lipinski definition) is 4. The molecule has 0 amide bonds. The molecule has 0 aliphatic heterocycles. The number of carbonyl (C=O) groups excluding carboxylic acids is 1. The van der Waals surface area contributed by atoms with Crippen LogP contribution >= 0.6 is 11.6 Å². The van der Waals surface area contributed by atoms with Crippen molar-refractivity contribution in [1.82, 2.24) is 9.78 Å². The quantitative estimate of drug-likeness (QED) is 0.494. The molecule has 2 aromatic rings. The molecule has 0 saturated heterocycles. The van der Waals surface area contributed by atoms with Gasteiger partial charge in [0.05, 0.1) is 16.9 Å². The number of hydrogen-bond donors (Lipinski definition) is 0.